The fraction of sp³-hybridized carbons (Fsp3) is 0.667. The second-order valence-corrected chi connectivity index (χ2v) is 5.43. The predicted molar refractivity (Wildman–Crippen MR) is 80.7 cm³/mol. The normalized spacial score (nSPS) is 11.1. The average Bonchev–Trinajstić information content (AvgIpc) is 2.33. The summed E-state index contributed by atoms with van der Waals surface area (Å²) >= 11 is 0. The van der Waals surface area contributed by atoms with Crippen molar-refractivity contribution in [1.29, 1.82) is 0 Å². The van der Waals surface area contributed by atoms with Crippen LogP contribution in [0.2, 0.25) is 0 Å². The third kappa shape index (κ3) is 5.57. The number of hydrogen-bond donors (Lipinski definition) is 1. The zero-order valence-corrected chi connectivity index (χ0v) is 12.9. The lowest BCUT2D eigenvalue weighted by Crippen LogP contribution is -2.24. The van der Waals surface area contributed by atoms with Gasteiger partial charge in [0.25, 0.3) is 0 Å². The summed E-state index contributed by atoms with van der Waals surface area (Å²) in [7, 11) is 3.82. The van der Waals surface area contributed by atoms with Crippen molar-refractivity contribution in [3.8, 4) is 0 Å². The lowest BCUT2D eigenvalue weighted by molar-refractivity contribution is 0.199. The summed E-state index contributed by atoms with van der Waals surface area (Å²) in [4.78, 5) is 6.81. The van der Waals surface area contributed by atoms with Crippen molar-refractivity contribution in [1.82, 2.24) is 10.3 Å². The van der Waals surface area contributed by atoms with Crippen molar-refractivity contribution in [2.45, 2.75) is 27.3 Å². The summed E-state index contributed by atoms with van der Waals surface area (Å²) in [6.45, 7) is 10.0. The van der Waals surface area contributed by atoms with Gasteiger partial charge in [-0.05, 0) is 30.0 Å². The van der Waals surface area contributed by atoms with Crippen LogP contribution in [0.4, 0.5) is 5.82 Å². The van der Waals surface area contributed by atoms with E-state index in [2.05, 4.69) is 49.1 Å². The first kappa shape index (κ1) is 15.9. The highest BCUT2D eigenvalue weighted by molar-refractivity contribution is 5.46. The van der Waals surface area contributed by atoms with Gasteiger partial charge in [0.2, 0.25) is 0 Å². The molecule has 108 valence electrons. The highest BCUT2D eigenvalue weighted by Crippen LogP contribution is 2.17. The standard InChI is InChI=1S/C15H27N3O/c1-12(2)11-18(4)15-13(3)8-14(10-17-15)9-16-6-7-19-5/h8,10,12,16H,6-7,9,11H2,1-5H3. The van der Waals surface area contributed by atoms with Crippen LogP contribution in [-0.4, -0.2) is 38.8 Å². The van der Waals surface area contributed by atoms with Crippen molar-refractivity contribution < 1.29 is 4.74 Å². The van der Waals surface area contributed by atoms with E-state index < -0.39 is 0 Å². The van der Waals surface area contributed by atoms with Crippen molar-refractivity contribution in [2.75, 3.05) is 38.8 Å². The molecule has 19 heavy (non-hydrogen) atoms. The molecule has 0 saturated carbocycles. The number of ether oxygens (including phenoxy) is 1. The molecule has 0 unspecified atom stereocenters. The molecule has 0 bridgehead atoms. The first-order chi connectivity index (χ1) is 9.04. The van der Waals surface area contributed by atoms with Crippen molar-refractivity contribution >= 4 is 5.82 Å². The van der Waals surface area contributed by atoms with Gasteiger partial charge in [0.15, 0.2) is 0 Å². The Balaban J connectivity index is 2.58. The van der Waals surface area contributed by atoms with E-state index in [9.17, 15) is 0 Å². The van der Waals surface area contributed by atoms with Crippen LogP contribution in [0, 0.1) is 12.8 Å². The molecule has 4 heteroatoms. The number of nitrogens with zero attached hydrogens (tertiary/aromatic N) is 2. The summed E-state index contributed by atoms with van der Waals surface area (Å²) in [6.07, 6.45) is 1.96. The fourth-order valence-electron chi connectivity index (χ4n) is 2.16. The number of aromatic nitrogens is 1. The molecular weight excluding hydrogens is 238 g/mol. The number of anilines is 1. The smallest absolute Gasteiger partial charge is 0.131 e. The van der Waals surface area contributed by atoms with Crippen LogP contribution in [-0.2, 0) is 11.3 Å². The molecule has 0 aromatic carbocycles. The summed E-state index contributed by atoms with van der Waals surface area (Å²) < 4.78 is 5.01. The van der Waals surface area contributed by atoms with Crippen LogP contribution in [0.25, 0.3) is 0 Å². The molecule has 0 amide bonds. The maximum atomic E-state index is 5.01. The van der Waals surface area contributed by atoms with Gasteiger partial charge >= 0.3 is 0 Å². The number of aryl methyl sites for hydroxylation is 1. The van der Waals surface area contributed by atoms with E-state index in [1.54, 1.807) is 7.11 Å². The lowest BCUT2D eigenvalue weighted by atomic mass is 10.1. The van der Waals surface area contributed by atoms with Crippen LogP contribution in [0.1, 0.15) is 25.0 Å². The number of rotatable bonds is 8. The second-order valence-electron chi connectivity index (χ2n) is 5.43. The second kappa shape index (κ2) is 8.12. The molecule has 0 radical (unpaired) electrons. The molecule has 1 aromatic rings. The Hall–Kier alpha value is -1.13. The van der Waals surface area contributed by atoms with Crippen molar-refractivity contribution in [2.24, 2.45) is 5.92 Å². The molecule has 1 N–H and O–H groups in total. The highest BCUT2D eigenvalue weighted by atomic mass is 16.5. The maximum absolute atomic E-state index is 5.01. The first-order valence-electron chi connectivity index (χ1n) is 6.91. The molecule has 1 rings (SSSR count). The number of pyridine rings is 1. The van der Waals surface area contributed by atoms with Crippen LogP contribution < -0.4 is 10.2 Å². The molecule has 0 atom stereocenters. The van der Waals surface area contributed by atoms with E-state index in [-0.39, 0.29) is 0 Å². The Morgan fingerprint density at radius 1 is 1.42 bits per heavy atom. The Bertz CT molecular complexity index is 380. The highest BCUT2D eigenvalue weighted by Gasteiger charge is 2.08. The number of nitrogens with one attached hydrogen (secondary N) is 1. The molecule has 0 aliphatic heterocycles. The van der Waals surface area contributed by atoms with E-state index in [1.807, 2.05) is 6.20 Å². The van der Waals surface area contributed by atoms with Gasteiger partial charge in [-0.15, -0.1) is 0 Å². The predicted octanol–water partition coefficient (Wildman–Crippen LogP) is 2.22. The molecular formula is C15H27N3O. The van der Waals surface area contributed by atoms with Gasteiger partial charge in [0.1, 0.15) is 5.82 Å². The van der Waals surface area contributed by atoms with Gasteiger partial charge < -0.3 is 15.0 Å². The monoisotopic (exact) mass is 265 g/mol. The fourth-order valence-corrected chi connectivity index (χ4v) is 2.16. The third-order valence-electron chi connectivity index (χ3n) is 2.92. The number of hydrogen-bond acceptors (Lipinski definition) is 4. The van der Waals surface area contributed by atoms with E-state index in [1.165, 1.54) is 11.1 Å². The lowest BCUT2D eigenvalue weighted by Gasteiger charge is -2.22. The third-order valence-corrected chi connectivity index (χ3v) is 2.92. The zero-order valence-electron chi connectivity index (χ0n) is 12.9. The minimum Gasteiger partial charge on any atom is -0.383 e. The van der Waals surface area contributed by atoms with Crippen molar-refractivity contribution in [3.05, 3.63) is 23.4 Å². The summed E-state index contributed by atoms with van der Waals surface area (Å²) in [5, 5.41) is 3.33. The van der Waals surface area contributed by atoms with Gasteiger partial charge in [-0.25, -0.2) is 4.98 Å². The minimum atomic E-state index is 0.640. The Kier molecular flexibility index (Phi) is 6.81. The average molecular weight is 265 g/mol. The van der Waals surface area contributed by atoms with Crippen LogP contribution in [0.3, 0.4) is 0 Å². The molecule has 0 spiro atoms. The van der Waals surface area contributed by atoms with E-state index in [0.29, 0.717) is 5.92 Å². The molecule has 0 aliphatic rings. The number of methoxy groups -OCH3 is 1. The molecule has 4 nitrogen and oxygen atoms in total. The van der Waals surface area contributed by atoms with Gasteiger partial charge in [-0.1, -0.05) is 13.8 Å². The molecule has 1 heterocycles. The largest absolute Gasteiger partial charge is 0.383 e. The Morgan fingerprint density at radius 2 is 2.16 bits per heavy atom. The van der Waals surface area contributed by atoms with Crippen LogP contribution >= 0.6 is 0 Å². The van der Waals surface area contributed by atoms with E-state index >= 15 is 0 Å². The van der Waals surface area contributed by atoms with Gasteiger partial charge in [0, 0.05) is 40.0 Å². The molecule has 0 saturated heterocycles. The molecule has 0 fully saturated rings. The topological polar surface area (TPSA) is 37.4 Å². The van der Waals surface area contributed by atoms with Gasteiger partial charge in [-0.3, -0.25) is 0 Å². The SMILES string of the molecule is COCCNCc1cnc(N(C)CC(C)C)c(C)c1. The van der Waals surface area contributed by atoms with Gasteiger partial charge in [-0.2, -0.15) is 0 Å². The van der Waals surface area contributed by atoms with E-state index in [0.717, 1.165) is 32.1 Å². The Morgan fingerprint density at radius 3 is 2.74 bits per heavy atom. The van der Waals surface area contributed by atoms with Crippen LogP contribution in [0.15, 0.2) is 12.3 Å². The van der Waals surface area contributed by atoms with Crippen LogP contribution in [0.5, 0.6) is 0 Å². The zero-order chi connectivity index (χ0) is 14.3. The van der Waals surface area contributed by atoms with Crippen molar-refractivity contribution in [3.63, 3.8) is 0 Å². The summed E-state index contributed by atoms with van der Waals surface area (Å²) in [6, 6.07) is 2.21. The first-order valence-corrected chi connectivity index (χ1v) is 6.91. The quantitative estimate of drug-likeness (QED) is 0.731. The maximum Gasteiger partial charge on any atom is 0.131 e. The molecule has 0 aliphatic carbocycles. The Labute approximate surface area is 117 Å². The minimum absolute atomic E-state index is 0.640. The molecule has 1 aromatic heterocycles. The van der Waals surface area contributed by atoms with Gasteiger partial charge in [0.05, 0.1) is 6.61 Å². The summed E-state index contributed by atoms with van der Waals surface area (Å²) in [5.41, 5.74) is 2.45. The van der Waals surface area contributed by atoms with E-state index in [4.69, 9.17) is 4.74 Å². The summed E-state index contributed by atoms with van der Waals surface area (Å²) in [5.74, 6) is 1.72.